The number of anilines is 1. The molecule has 0 bridgehead atoms. The molecule has 7 heteroatoms. The average Bonchev–Trinajstić information content (AvgIpc) is 3.54. The van der Waals surface area contributed by atoms with Crippen molar-refractivity contribution >= 4 is 17.4 Å². The number of nitrogens with zero attached hydrogens (tertiary/aromatic N) is 2. The number of hydrazone groups is 1. The van der Waals surface area contributed by atoms with Crippen molar-refractivity contribution in [2.75, 3.05) is 20.0 Å². The van der Waals surface area contributed by atoms with Crippen LogP contribution in [0.4, 0.5) is 10.5 Å². The summed E-state index contributed by atoms with van der Waals surface area (Å²) in [5.74, 6) is 1.28. The average molecular weight is 394 g/mol. The number of hydrogen-bond acceptors (Lipinski definition) is 5. The summed E-state index contributed by atoms with van der Waals surface area (Å²) >= 11 is 0. The van der Waals surface area contributed by atoms with E-state index in [0.29, 0.717) is 29.3 Å². The molecule has 2 aromatic rings. The molecule has 2 aromatic carbocycles. The zero-order chi connectivity index (χ0) is 20.5. The van der Waals surface area contributed by atoms with Gasteiger partial charge in [-0.15, -0.1) is 0 Å². The lowest BCUT2D eigenvalue weighted by Gasteiger charge is -2.23. The lowest BCUT2D eigenvalue weighted by atomic mass is 9.94. The third-order valence-electron chi connectivity index (χ3n) is 5.30. The summed E-state index contributed by atoms with van der Waals surface area (Å²) in [5.41, 5.74) is 10.1. The van der Waals surface area contributed by atoms with Gasteiger partial charge in [-0.1, -0.05) is 12.1 Å². The first kappa shape index (κ1) is 19.1. The highest BCUT2D eigenvalue weighted by Gasteiger charge is 2.31. The molecule has 0 unspecified atom stereocenters. The number of urea groups is 1. The van der Waals surface area contributed by atoms with Gasteiger partial charge in [0.15, 0.2) is 11.5 Å². The van der Waals surface area contributed by atoms with Crippen LogP contribution in [0.15, 0.2) is 41.5 Å². The molecular weight excluding hydrogens is 368 g/mol. The van der Waals surface area contributed by atoms with Crippen LogP contribution in [-0.2, 0) is 6.42 Å². The van der Waals surface area contributed by atoms with Crippen molar-refractivity contribution in [2.45, 2.75) is 38.3 Å². The summed E-state index contributed by atoms with van der Waals surface area (Å²) in [7, 11) is 3.23. The van der Waals surface area contributed by atoms with Crippen LogP contribution in [0.1, 0.15) is 36.5 Å². The van der Waals surface area contributed by atoms with Crippen LogP contribution in [0.25, 0.3) is 0 Å². The van der Waals surface area contributed by atoms with Crippen LogP contribution in [0.2, 0.25) is 0 Å². The Morgan fingerprint density at radius 3 is 2.41 bits per heavy atom. The van der Waals surface area contributed by atoms with E-state index in [1.54, 1.807) is 19.2 Å². The van der Waals surface area contributed by atoms with Crippen molar-refractivity contribution < 1.29 is 14.3 Å². The number of nitrogens with one attached hydrogen (secondary N) is 1. The zero-order valence-electron chi connectivity index (χ0n) is 16.9. The molecule has 2 amide bonds. The first-order valence-corrected chi connectivity index (χ1v) is 9.79. The first-order valence-electron chi connectivity index (χ1n) is 9.79. The molecule has 152 valence electrons. The molecule has 0 saturated heterocycles. The van der Waals surface area contributed by atoms with Crippen molar-refractivity contribution in [1.82, 2.24) is 10.3 Å². The monoisotopic (exact) mass is 394 g/mol. The molecule has 1 saturated carbocycles. The van der Waals surface area contributed by atoms with Gasteiger partial charge in [0.2, 0.25) is 0 Å². The molecular formula is C22H26N4O3. The highest BCUT2D eigenvalue weighted by molar-refractivity contribution is 6.14. The van der Waals surface area contributed by atoms with Crippen molar-refractivity contribution in [3.05, 3.63) is 53.1 Å². The standard InChI is InChI=1S/C22H26N4O3/c1-13-10-15-11-19(28-2)20(29-3)12-18(15)21(14-4-6-16(23)7-5-14)25-26(13)22(27)24-17-8-9-17/h4-7,11-13,17H,8-10,23H2,1-3H3,(H,24,27)/t13-/m1/s1. The second-order valence-corrected chi connectivity index (χ2v) is 7.56. The molecule has 4 rings (SSSR count). The van der Waals surface area contributed by atoms with Gasteiger partial charge in [-0.2, -0.15) is 5.10 Å². The minimum Gasteiger partial charge on any atom is -0.493 e. The number of amides is 2. The number of carbonyl (C=O) groups is 1. The van der Waals surface area contributed by atoms with Gasteiger partial charge >= 0.3 is 6.03 Å². The number of nitrogen functional groups attached to an aromatic ring is 1. The van der Waals surface area contributed by atoms with Gasteiger partial charge in [0.1, 0.15) is 0 Å². The smallest absolute Gasteiger partial charge is 0.338 e. The van der Waals surface area contributed by atoms with Crippen molar-refractivity contribution in [3.8, 4) is 11.5 Å². The predicted octanol–water partition coefficient (Wildman–Crippen LogP) is 3.16. The van der Waals surface area contributed by atoms with Gasteiger partial charge in [0.25, 0.3) is 0 Å². The predicted molar refractivity (Wildman–Crippen MR) is 113 cm³/mol. The molecule has 2 aliphatic rings. The van der Waals surface area contributed by atoms with Crippen LogP contribution in [0, 0.1) is 0 Å². The van der Waals surface area contributed by atoms with Crippen LogP contribution >= 0.6 is 0 Å². The molecule has 0 spiro atoms. The number of hydrogen-bond donors (Lipinski definition) is 2. The van der Waals surface area contributed by atoms with Crippen molar-refractivity contribution in [3.63, 3.8) is 0 Å². The van der Waals surface area contributed by atoms with E-state index < -0.39 is 0 Å². The topological polar surface area (TPSA) is 89.2 Å². The lowest BCUT2D eigenvalue weighted by Crippen LogP contribution is -2.43. The van der Waals surface area contributed by atoms with E-state index in [-0.39, 0.29) is 18.1 Å². The Morgan fingerprint density at radius 1 is 1.14 bits per heavy atom. The molecule has 1 aliphatic carbocycles. The number of benzene rings is 2. The van der Waals surface area contributed by atoms with Gasteiger partial charge in [0, 0.05) is 22.9 Å². The van der Waals surface area contributed by atoms with E-state index in [4.69, 9.17) is 20.3 Å². The van der Waals surface area contributed by atoms with Crippen LogP contribution in [0.3, 0.4) is 0 Å². The van der Waals surface area contributed by atoms with E-state index in [0.717, 1.165) is 29.5 Å². The fraction of sp³-hybridized carbons (Fsp3) is 0.364. The highest BCUT2D eigenvalue weighted by atomic mass is 16.5. The van der Waals surface area contributed by atoms with Gasteiger partial charge in [-0.3, -0.25) is 0 Å². The van der Waals surface area contributed by atoms with Gasteiger partial charge in [0.05, 0.1) is 26.0 Å². The molecule has 0 aromatic heterocycles. The van der Waals surface area contributed by atoms with Gasteiger partial charge in [-0.05, 0) is 56.0 Å². The zero-order valence-corrected chi connectivity index (χ0v) is 16.9. The summed E-state index contributed by atoms with van der Waals surface area (Å²) in [6.07, 6.45) is 2.70. The van der Waals surface area contributed by atoms with Crippen LogP contribution in [-0.4, -0.2) is 43.1 Å². The summed E-state index contributed by atoms with van der Waals surface area (Å²) in [5, 5.41) is 9.41. The Morgan fingerprint density at radius 2 is 1.79 bits per heavy atom. The number of nitrogens with two attached hydrogens (primary N) is 1. The van der Waals surface area contributed by atoms with E-state index in [1.165, 1.54) is 0 Å². The van der Waals surface area contributed by atoms with Crippen LogP contribution in [0.5, 0.6) is 11.5 Å². The third kappa shape index (κ3) is 3.85. The Balaban J connectivity index is 1.85. The Kier molecular flexibility index (Phi) is 5.05. The van der Waals surface area contributed by atoms with Gasteiger partial charge < -0.3 is 20.5 Å². The fourth-order valence-corrected chi connectivity index (χ4v) is 3.54. The molecule has 1 aliphatic heterocycles. The fourth-order valence-electron chi connectivity index (χ4n) is 3.54. The summed E-state index contributed by atoms with van der Waals surface area (Å²) < 4.78 is 11.0. The summed E-state index contributed by atoms with van der Waals surface area (Å²) in [4.78, 5) is 12.9. The number of carbonyl (C=O) groups excluding carboxylic acids is 1. The molecule has 1 fully saturated rings. The molecule has 3 N–H and O–H groups in total. The molecule has 0 radical (unpaired) electrons. The number of rotatable bonds is 4. The quantitative estimate of drug-likeness (QED) is 0.780. The van der Waals surface area contributed by atoms with Crippen molar-refractivity contribution in [2.24, 2.45) is 5.10 Å². The Hall–Kier alpha value is -3.22. The number of methoxy groups -OCH3 is 2. The van der Waals surface area contributed by atoms with E-state index in [2.05, 4.69) is 5.32 Å². The lowest BCUT2D eigenvalue weighted by molar-refractivity contribution is 0.182. The van der Waals surface area contributed by atoms with Crippen molar-refractivity contribution in [1.29, 1.82) is 0 Å². The normalized spacial score (nSPS) is 18.4. The molecule has 1 atom stereocenters. The third-order valence-corrected chi connectivity index (χ3v) is 5.30. The molecule has 7 nitrogen and oxygen atoms in total. The second-order valence-electron chi connectivity index (χ2n) is 7.56. The second kappa shape index (κ2) is 7.66. The van der Waals surface area contributed by atoms with E-state index in [9.17, 15) is 4.79 Å². The maximum Gasteiger partial charge on any atom is 0.338 e. The van der Waals surface area contributed by atoms with Gasteiger partial charge in [-0.25, -0.2) is 9.80 Å². The minimum atomic E-state index is -0.167. The number of fused-ring (bicyclic) bond motifs is 1. The SMILES string of the molecule is COc1cc2c(cc1OC)C(c1ccc(N)cc1)=NN(C(=O)NC1CC1)[C@H](C)C2. The minimum absolute atomic E-state index is 0.114. The Bertz CT molecular complexity index is 951. The maximum absolute atomic E-state index is 12.9. The maximum atomic E-state index is 12.9. The van der Waals surface area contributed by atoms with Crippen LogP contribution < -0.4 is 20.5 Å². The summed E-state index contributed by atoms with van der Waals surface area (Å²) in [6, 6.07) is 11.4. The first-order chi connectivity index (χ1) is 14.0. The van der Waals surface area contributed by atoms with E-state index >= 15 is 0 Å². The Labute approximate surface area is 170 Å². The number of ether oxygens (including phenoxy) is 2. The largest absolute Gasteiger partial charge is 0.493 e. The molecule has 1 heterocycles. The summed E-state index contributed by atoms with van der Waals surface area (Å²) in [6.45, 7) is 2.00. The van der Waals surface area contributed by atoms with E-state index in [1.807, 2.05) is 43.3 Å². The molecule has 29 heavy (non-hydrogen) atoms. The highest BCUT2D eigenvalue weighted by Crippen LogP contribution is 2.34.